The highest BCUT2D eigenvalue weighted by Crippen LogP contribution is 2.45. The molecular formula is C16H34NOSi+. The van der Waals surface area contributed by atoms with Gasteiger partial charge in [-0.2, -0.15) is 0 Å². The number of piperidine rings is 1. The van der Waals surface area contributed by atoms with Crippen molar-refractivity contribution in [2.75, 3.05) is 6.54 Å². The molecule has 0 spiro atoms. The molecule has 0 aromatic carbocycles. The molecule has 0 aromatic heterocycles. The number of hydrogen-bond donors (Lipinski definition) is 0. The second-order valence-electron chi connectivity index (χ2n) is 8.46. The molecular weight excluding hydrogens is 250 g/mol. The molecule has 1 aliphatic rings. The summed E-state index contributed by atoms with van der Waals surface area (Å²) in [5.74, 6) is 1.06. The number of carbonyl (C=O) groups is 1. The van der Waals surface area contributed by atoms with E-state index in [1.807, 2.05) is 0 Å². The molecule has 0 radical (unpaired) electrons. The van der Waals surface area contributed by atoms with Crippen molar-refractivity contribution in [1.82, 2.24) is 0 Å². The van der Waals surface area contributed by atoms with Crippen molar-refractivity contribution < 1.29 is 9.28 Å². The van der Waals surface area contributed by atoms with Crippen molar-refractivity contribution in [3.63, 3.8) is 0 Å². The molecule has 0 aromatic rings. The fraction of sp³-hybridized carbons (Fsp3) is 0.938. The maximum Gasteiger partial charge on any atom is 0.311 e. The van der Waals surface area contributed by atoms with Gasteiger partial charge < -0.3 is 0 Å². The highest BCUT2D eigenvalue weighted by molar-refractivity contribution is 6.76. The van der Waals surface area contributed by atoms with Gasteiger partial charge >= 0.3 is 5.91 Å². The number of carbonyl (C=O) groups excluding carboxylic acids is 1. The lowest BCUT2D eigenvalue weighted by Gasteiger charge is -2.57. The van der Waals surface area contributed by atoms with Crippen molar-refractivity contribution in [1.29, 1.82) is 0 Å². The molecule has 2 nitrogen and oxygen atoms in total. The van der Waals surface area contributed by atoms with Crippen LogP contribution < -0.4 is 0 Å². The predicted molar refractivity (Wildman–Crippen MR) is 85.9 cm³/mol. The van der Waals surface area contributed by atoms with E-state index < -0.39 is 8.07 Å². The van der Waals surface area contributed by atoms with Crippen LogP contribution in [0.15, 0.2) is 0 Å². The summed E-state index contributed by atoms with van der Waals surface area (Å²) in [7, 11) is -1.09. The number of hydrogen-bond acceptors (Lipinski definition) is 1. The molecule has 1 aliphatic heterocycles. The van der Waals surface area contributed by atoms with Gasteiger partial charge in [-0.1, -0.05) is 19.6 Å². The Bertz CT molecular complexity index is 343. The highest BCUT2D eigenvalue weighted by Gasteiger charge is 2.56. The smallest absolute Gasteiger partial charge is 0.254 e. The van der Waals surface area contributed by atoms with Crippen molar-refractivity contribution in [3.05, 3.63) is 0 Å². The standard InChI is InChI=1S/C16H34NOSi/c1-13(2)17(14(3)18)11-9-10-15(16(17,4)5)12-19(6,7)8/h13,15H,9-12H2,1-8H3/q+1. The molecule has 0 aliphatic carbocycles. The van der Waals surface area contributed by atoms with Gasteiger partial charge in [-0.3, -0.25) is 4.48 Å². The van der Waals surface area contributed by atoms with E-state index in [1.165, 1.54) is 18.9 Å². The molecule has 0 bridgehead atoms. The highest BCUT2D eigenvalue weighted by atomic mass is 28.3. The van der Waals surface area contributed by atoms with Gasteiger partial charge in [0, 0.05) is 14.0 Å². The van der Waals surface area contributed by atoms with Crippen LogP contribution in [0.2, 0.25) is 25.7 Å². The van der Waals surface area contributed by atoms with Crippen LogP contribution in [0.3, 0.4) is 0 Å². The van der Waals surface area contributed by atoms with Crippen LogP contribution in [-0.4, -0.2) is 36.6 Å². The number of rotatable bonds is 3. The third kappa shape index (κ3) is 2.97. The van der Waals surface area contributed by atoms with Gasteiger partial charge in [0.15, 0.2) is 0 Å². The monoisotopic (exact) mass is 284 g/mol. The zero-order valence-electron chi connectivity index (χ0n) is 14.3. The van der Waals surface area contributed by atoms with Crippen molar-refractivity contribution in [3.8, 4) is 0 Å². The van der Waals surface area contributed by atoms with Crippen LogP contribution in [0.25, 0.3) is 0 Å². The Labute approximate surface area is 121 Å². The lowest BCUT2D eigenvalue weighted by atomic mass is 9.76. The molecule has 2 atom stereocenters. The van der Waals surface area contributed by atoms with E-state index in [4.69, 9.17) is 0 Å². The Morgan fingerprint density at radius 3 is 2.21 bits per heavy atom. The van der Waals surface area contributed by atoms with Crippen LogP contribution >= 0.6 is 0 Å². The van der Waals surface area contributed by atoms with Crippen LogP contribution in [0.1, 0.15) is 47.5 Å². The molecule has 1 heterocycles. The normalized spacial score (nSPS) is 31.5. The van der Waals surface area contributed by atoms with E-state index in [-0.39, 0.29) is 5.54 Å². The minimum absolute atomic E-state index is 0.0819. The maximum atomic E-state index is 12.5. The van der Waals surface area contributed by atoms with E-state index in [0.29, 0.717) is 22.3 Å². The lowest BCUT2D eigenvalue weighted by Crippen LogP contribution is -2.72. The fourth-order valence-electron chi connectivity index (χ4n) is 4.50. The van der Waals surface area contributed by atoms with E-state index in [9.17, 15) is 4.79 Å². The molecule has 1 rings (SSSR count). The molecule has 1 fully saturated rings. The van der Waals surface area contributed by atoms with E-state index in [1.54, 1.807) is 6.92 Å². The zero-order chi connectivity index (χ0) is 15.1. The molecule has 112 valence electrons. The molecule has 3 heteroatoms. The average molecular weight is 285 g/mol. The molecule has 0 N–H and O–H groups in total. The average Bonchev–Trinajstić information content (AvgIpc) is 2.17. The van der Waals surface area contributed by atoms with Gasteiger partial charge in [-0.05, 0) is 46.6 Å². The van der Waals surface area contributed by atoms with Crippen molar-refractivity contribution in [2.24, 2.45) is 5.92 Å². The van der Waals surface area contributed by atoms with E-state index >= 15 is 0 Å². The summed E-state index contributed by atoms with van der Waals surface area (Å²) in [6.45, 7) is 19.3. The third-order valence-electron chi connectivity index (χ3n) is 5.39. The first-order chi connectivity index (χ1) is 8.45. The van der Waals surface area contributed by atoms with Crippen molar-refractivity contribution in [2.45, 2.75) is 84.7 Å². The first kappa shape index (κ1) is 16.9. The Morgan fingerprint density at radius 2 is 1.84 bits per heavy atom. The van der Waals surface area contributed by atoms with Gasteiger partial charge in [0.05, 0.1) is 19.5 Å². The quantitative estimate of drug-likeness (QED) is 0.558. The van der Waals surface area contributed by atoms with E-state index in [0.717, 1.165) is 6.54 Å². The van der Waals surface area contributed by atoms with Crippen molar-refractivity contribution >= 4 is 14.0 Å². The summed E-state index contributed by atoms with van der Waals surface area (Å²) in [6.07, 6.45) is 2.51. The predicted octanol–water partition coefficient (Wildman–Crippen LogP) is 4.28. The largest absolute Gasteiger partial charge is 0.311 e. The Morgan fingerprint density at radius 1 is 1.32 bits per heavy atom. The zero-order valence-corrected chi connectivity index (χ0v) is 15.3. The Kier molecular flexibility index (Phi) is 4.73. The fourth-order valence-corrected chi connectivity index (χ4v) is 6.68. The number of nitrogens with zero attached hydrogens (tertiary/aromatic N) is 1. The van der Waals surface area contributed by atoms with Gasteiger partial charge in [0.25, 0.3) is 0 Å². The molecule has 1 amide bonds. The molecule has 1 saturated heterocycles. The van der Waals surface area contributed by atoms with E-state index in [2.05, 4.69) is 47.3 Å². The minimum atomic E-state index is -1.09. The summed E-state index contributed by atoms with van der Waals surface area (Å²) < 4.78 is 0.683. The molecule has 2 unspecified atom stereocenters. The third-order valence-corrected chi connectivity index (χ3v) is 7.11. The Balaban J connectivity index is 3.18. The second kappa shape index (κ2) is 5.32. The first-order valence-corrected chi connectivity index (χ1v) is 11.5. The summed E-state index contributed by atoms with van der Waals surface area (Å²) in [5.41, 5.74) is 0.0819. The van der Waals surface area contributed by atoms with Gasteiger partial charge in [-0.15, -0.1) is 0 Å². The van der Waals surface area contributed by atoms with Gasteiger partial charge in [0.1, 0.15) is 5.54 Å². The first-order valence-electron chi connectivity index (χ1n) is 7.84. The topological polar surface area (TPSA) is 17.1 Å². The van der Waals surface area contributed by atoms with Crippen LogP contribution in [0.4, 0.5) is 0 Å². The Hall–Kier alpha value is -0.153. The van der Waals surface area contributed by atoms with Crippen LogP contribution in [0.5, 0.6) is 0 Å². The molecule has 19 heavy (non-hydrogen) atoms. The number of likely N-dealkylation sites (tertiary alicyclic amines) is 1. The van der Waals surface area contributed by atoms with Gasteiger partial charge in [-0.25, -0.2) is 4.79 Å². The van der Waals surface area contributed by atoms with Gasteiger partial charge in [0.2, 0.25) is 0 Å². The maximum absolute atomic E-state index is 12.5. The lowest BCUT2D eigenvalue weighted by molar-refractivity contribution is -0.931. The van der Waals surface area contributed by atoms with Crippen LogP contribution in [-0.2, 0) is 4.79 Å². The minimum Gasteiger partial charge on any atom is -0.254 e. The number of quaternary nitrogens is 1. The summed E-state index contributed by atoms with van der Waals surface area (Å²) in [6, 6.07) is 1.73. The summed E-state index contributed by atoms with van der Waals surface area (Å²) >= 11 is 0. The van der Waals surface area contributed by atoms with Crippen LogP contribution in [0, 0.1) is 5.92 Å². The SMILES string of the molecule is CC(=O)[N+]1(C(C)C)CCCC(C[Si](C)(C)C)C1(C)C. The molecule has 0 saturated carbocycles. The second-order valence-corrected chi connectivity index (χ2v) is 14.0. The summed E-state index contributed by atoms with van der Waals surface area (Å²) in [4.78, 5) is 12.5. The summed E-state index contributed by atoms with van der Waals surface area (Å²) in [5, 5.41) is 0. The number of amides is 1.